The molecule has 0 aromatic carbocycles. The number of carboxylic acids is 2. The van der Waals surface area contributed by atoms with Gasteiger partial charge >= 0.3 is 11.9 Å². The third-order valence-electron chi connectivity index (χ3n) is 4.17. The number of fused-ring (bicyclic) bond motifs is 2. The number of allylic oxidation sites excluding steroid dienone is 1. The van der Waals surface area contributed by atoms with E-state index in [1.54, 1.807) is 6.08 Å². The zero-order valence-electron chi connectivity index (χ0n) is 9.68. The molecular formula is C12H16O5. The maximum Gasteiger partial charge on any atom is 0.313 e. The van der Waals surface area contributed by atoms with Gasteiger partial charge in [-0.15, -0.1) is 0 Å². The second-order valence-electron chi connectivity index (χ2n) is 4.91. The highest BCUT2D eigenvalue weighted by Gasteiger charge is 2.61. The van der Waals surface area contributed by atoms with Crippen molar-refractivity contribution in [2.45, 2.75) is 31.3 Å². The van der Waals surface area contributed by atoms with Crippen LogP contribution in [-0.4, -0.2) is 34.9 Å². The molecule has 0 aromatic heterocycles. The van der Waals surface area contributed by atoms with Crippen LogP contribution in [0.15, 0.2) is 12.2 Å². The molecule has 94 valence electrons. The number of ether oxygens (including phenoxy) is 1. The predicted molar refractivity (Wildman–Crippen MR) is 58.5 cm³/mol. The molecule has 0 amide bonds. The summed E-state index contributed by atoms with van der Waals surface area (Å²) in [6.07, 6.45) is 5.09. The van der Waals surface area contributed by atoms with Crippen LogP contribution in [0.25, 0.3) is 0 Å². The minimum absolute atomic E-state index is 0.155. The quantitative estimate of drug-likeness (QED) is 0.723. The zero-order valence-corrected chi connectivity index (χ0v) is 9.68. The molecule has 0 saturated heterocycles. The maximum absolute atomic E-state index is 11.6. The number of carboxylic acid groups (broad SMARTS) is 2. The Balaban J connectivity index is 2.48. The number of carbonyl (C=O) groups is 2. The van der Waals surface area contributed by atoms with Crippen molar-refractivity contribution in [1.29, 1.82) is 0 Å². The van der Waals surface area contributed by atoms with Gasteiger partial charge in [0.2, 0.25) is 0 Å². The number of hydrogen-bond acceptors (Lipinski definition) is 3. The van der Waals surface area contributed by atoms with E-state index in [-0.39, 0.29) is 5.92 Å². The summed E-state index contributed by atoms with van der Waals surface area (Å²) in [7, 11) is 1.45. The molecule has 17 heavy (non-hydrogen) atoms. The lowest BCUT2D eigenvalue weighted by Gasteiger charge is -2.52. The average Bonchev–Trinajstić information content (AvgIpc) is 2.29. The fourth-order valence-corrected chi connectivity index (χ4v) is 3.25. The molecule has 5 heteroatoms. The fraction of sp³-hybridized carbons (Fsp3) is 0.667. The summed E-state index contributed by atoms with van der Waals surface area (Å²) >= 11 is 0. The first-order valence-electron chi connectivity index (χ1n) is 5.65. The van der Waals surface area contributed by atoms with Crippen LogP contribution >= 0.6 is 0 Å². The summed E-state index contributed by atoms with van der Waals surface area (Å²) in [6.45, 7) is 0. The average molecular weight is 240 g/mol. The largest absolute Gasteiger partial charge is 0.481 e. The standard InChI is InChI=1S/C12H16O5/c1-17-12-4-2-8(3-5-12)6-11(12,10(15)16)7-9(13)14/h2,4,8H,3,5-7H2,1H3,(H,13,14)(H,15,16)/t8-,11+,12-/m1/s1. The van der Waals surface area contributed by atoms with Gasteiger partial charge in [0.05, 0.1) is 6.42 Å². The van der Waals surface area contributed by atoms with Crippen molar-refractivity contribution < 1.29 is 24.5 Å². The van der Waals surface area contributed by atoms with E-state index in [4.69, 9.17) is 9.84 Å². The maximum atomic E-state index is 11.6. The second kappa shape index (κ2) is 3.84. The molecule has 0 spiro atoms. The van der Waals surface area contributed by atoms with E-state index in [1.165, 1.54) is 7.11 Å². The Morgan fingerprint density at radius 3 is 2.59 bits per heavy atom. The monoisotopic (exact) mass is 240 g/mol. The van der Waals surface area contributed by atoms with E-state index in [1.807, 2.05) is 6.08 Å². The van der Waals surface area contributed by atoms with Crippen LogP contribution in [-0.2, 0) is 14.3 Å². The molecule has 1 saturated carbocycles. The van der Waals surface area contributed by atoms with Gasteiger partial charge in [-0.3, -0.25) is 9.59 Å². The highest BCUT2D eigenvalue weighted by atomic mass is 16.5. The normalized spacial score (nSPS) is 39.2. The second-order valence-corrected chi connectivity index (χ2v) is 4.91. The van der Waals surface area contributed by atoms with Gasteiger partial charge in [0, 0.05) is 7.11 Å². The summed E-state index contributed by atoms with van der Waals surface area (Å²) in [5.74, 6) is -2.01. The molecule has 1 fully saturated rings. The minimum Gasteiger partial charge on any atom is -0.481 e. The van der Waals surface area contributed by atoms with Gasteiger partial charge in [0.1, 0.15) is 11.0 Å². The molecule has 0 aromatic rings. The lowest BCUT2D eigenvalue weighted by atomic mass is 9.55. The first kappa shape index (κ1) is 12.1. The Hall–Kier alpha value is -1.36. The van der Waals surface area contributed by atoms with Gasteiger partial charge in [-0.2, -0.15) is 0 Å². The Morgan fingerprint density at radius 2 is 2.18 bits per heavy atom. The van der Waals surface area contributed by atoms with E-state index in [0.717, 1.165) is 6.42 Å². The van der Waals surface area contributed by atoms with E-state index in [2.05, 4.69) is 0 Å². The molecule has 0 radical (unpaired) electrons. The van der Waals surface area contributed by atoms with Gasteiger partial charge in [-0.05, 0) is 25.2 Å². The fourth-order valence-electron chi connectivity index (χ4n) is 3.25. The summed E-state index contributed by atoms with van der Waals surface area (Å²) in [5, 5.41) is 18.5. The van der Waals surface area contributed by atoms with E-state index in [0.29, 0.717) is 12.8 Å². The van der Waals surface area contributed by atoms with E-state index >= 15 is 0 Å². The van der Waals surface area contributed by atoms with Crippen molar-refractivity contribution in [3.63, 3.8) is 0 Å². The molecule has 0 aliphatic heterocycles. The highest BCUT2D eigenvalue weighted by Crippen LogP contribution is 2.55. The van der Waals surface area contributed by atoms with Crippen LogP contribution in [0, 0.1) is 11.3 Å². The van der Waals surface area contributed by atoms with Crippen molar-refractivity contribution in [3.05, 3.63) is 12.2 Å². The van der Waals surface area contributed by atoms with E-state index < -0.39 is 29.4 Å². The first-order valence-corrected chi connectivity index (χ1v) is 5.65. The Kier molecular flexibility index (Phi) is 2.73. The van der Waals surface area contributed by atoms with Gasteiger partial charge in [0.25, 0.3) is 0 Å². The molecule has 3 atom stereocenters. The van der Waals surface area contributed by atoms with Crippen LogP contribution in [0.2, 0.25) is 0 Å². The number of methoxy groups -OCH3 is 1. The predicted octanol–water partition coefficient (Wildman–Crippen LogP) is 1.29. The summed E-state index contributed by atoms with van der Waals surface area (Å²) in [4.78, 5) is 22.6. The smallest absolute Gasteiger partial charge is 0.313 e. The summed E-state index contributed by atoms with van der Waals surface area (Å²) in [6, 6.07) is 0. The summed E-state index contributed by atoms with van der Waals surface area (Å²) < 4.78 is 5.41. The lowest BCUT2D eigenvalue weighted by Crippen LogP contribution is -2.59. The van der Waals surface area contributed by atoms with Crippen molar-refractivity contribution in [1.82, 2.24) is 0 Å². The van der Waals surface area contributed by atoms with Crippen molar-refractivity contribution >= 4 is 11.9 Å². The third-order valence-corrected chi connectivity index (χ3v) is 4.17. The molecule has 2 bridgehead atoms. The summed E-state index contributed by atoms with van der Waals surface area (Å²) in [5.41, 5.74) is -2.29. The van der Waals surface area contributed by atoms with Crippen LogP contribution in [0.3, 0.4) is 0 Å². The molecule has 3 aliphatic rings. The van der Waals surface area contributed by atoms with E-state index in [9.17, 15) is 14.7 Å². The Morgan fingerprint density at radius 1 is 1.47 bits per heavy atom. The minimum atomic E-state index is -1.33. The van der Waals surface area contributed by atoms with Gasteiger partial charge in [-0.25, -0.2) is 0 Å². The Bertz CT molecular complexity index is 388. The molecule has 2 N–H and O–H groups in total. The molecular weight excluding hydrogens is 224 g/mol. The topological polar surface area (TPSA) is 83.8 Å². The SMILES string of the molecule is CO[C@]12C=C[C@H](CC1)C[C@]2(CC(=O)O)C(=O)O. The van der Waals surface area contributed by atoms with Crippen LogP contribution in [0.4, 0.5) is 0 Å². The molecule has 3 aliphatic carbocycles. The molecule has 3 rings (SSSR count). The number of aliphatic carboxylic acids is 2. The van der Waals surface area contributed by atoms with Gasteiger partial charge < -0.3 is 14.9 Å². The van der Waals surface area contributed by atoms with Gasteiger partial charge in [0.15, 0.2) is 0 Å². The lowest BCUT2D eigenvalue weighted by molar-refractivity contribution is -0.186. The first-order chi connectivity index (χ1) is 7.96. The van der Waals surface area contributed by atoms with Crippen LogP contribution in [0.1, 0.15) is 25.7 Å². The van der Waals surface area contributed by atoms with Crippen LogP contribution < -0.4 is 0 Å². The molecule has 0 heterocycles. The van der Waals surface area contributed by atoms with Crippen molar-refractivity contribution in [2.75, 3.05) is 7.11 Å². The number of rotatable bonds is 4. The highest BCUT2D eigenvalue weighted by molar-refractivity contribution is 5.84. The van der Waals surface area contributed by atoms with Crippen molar-refractivity contribution in [3.8, 4) is 0 Å². The molecule has 0 unspecified atom stereocenters. The molecule has 5 nitrogen and oxygen atoms in total. The van der Waals surface area contributed by atoms with Gasteiger partial charge in [-0.1, -0.05) is 12.2 Å². The number of hydrogen-bond donors (Lipinski definition) is 2. The Labute approximate surface area is 99.1 Å². The third kappa shape index (κ3) is 1.57. The van der Waals surface area contributed by atoms with Crippen LogP contribution in [0.5, 0.6) is 0 Å². The zero-order chi connectivity index (χ0) is 12.7. The van der Waals surface area contributed by atoms with Crippen molar-refractivity contribution in [2.24, 2.45) is 11.3 Å².